The molecule has 0 fully saturated rings. The first-order valence-corrected chi connectivity index (χ1v) is 6.13. The van der Waals surface area contributed by atoms with Gasteiger partial charge in [0.15, 0.2) is 0 Å². The molecule has 5 heteroatoms. The van der Waals surface area contributed by atoms with Crippen LogP contribution in [-0.2, 0) is 5.75 Å². The minimum atomic E-state index is 0.945. The van der Waals surface area contributed by atoms with Crippen LogP contribution in [0.2, 0.25) is 0 Å². The van der Waals surface area contributed by atoms with Gasteiger partial charge in [0.25, 0.3) is 0 Å². The Morgan fingerprint density at radius 1 is 1.50 bits per heavy atom. The normalized spacial score (nSPS) is 10.2. The Balaban J connectivity index is 2.41. The van der Waals surface area contributed by atoms with Gasteiger partial charge in [0.2, 0.25) is 5.13 Å². The summed E-state index contributed by atoms with van der Waals surface area (Å²) in [6.45, 7) is 3.12. The second-order valence-corrected chi connectivity index (χ2v) is 4.29. The Morgan fingerprint density at radius 2 is 2.33 bits per heavy atom. The molecule has 0 bridgehead atoms. The molecule has 0 atom stereocenters. The summed E-state index contributed by atoms with van der Waals surface area (Å²) in [5.74, 6) is 0.964. The molecule has 1 aromatic rings. The molecule has 1 N–H and O–H groups in total. The Kier molecular flexibility index (Phi) is 4.39. The monoisotopic (exact) mass is 203 g/mol. The van der Waals surface area contributed by atoms with Crippen LogP contribution < -0.4 is 5.32 Å². The standard InChI is InChI=1S/C7H13N3S2/c1-3-4-8-7-10-9-6(12-7)5-11-2/h3-5H2,1-2H3,(H,8,10). The number of nitrogens with one attached hydrogen (secondary N) is 1. The quantitative estimate of drug-likeness (QED) is 0.796. The van der Waals surface area contributed by atoms with Crippen LogP contribution >= 0.6 is 23.1 Å². The molecule has 1 rings (SSSR count). The van der Waals surface area contributed by atoms with Gasteiger partial charge in [-0.3, -0.25) is 0 Å². The minimum Gasteiger partial charge on any atom is -0.360 e. The van der Waals surface area contributed by atoms with Crippen LogP contribution in [0.4, 0.5) is 5.13 Å². The number of rotatable bonds is 5. The van der Waals surface area contributed by atoms with Gasteiger partial charge < -0.3 is 5.32 Å². The van der Waals surface area contributed by atoms with E-state index < -0.39 is 0 Å². The lowest BCUT2D eigenvalue weighted by Gasteiger charge is -1.95. The third-order valence-electron chi connectivity index (χ3n) is 1.26. The highest BCUT2D eigenvalue weighted by Crippen LogP contribution is 2.18. The van der Waals surface area contributed by atoms with Crippen LogP contribution in [0.5, 0.6) is 0 Å². The van der Waals surface area contributed by atoms with E-state index in [-0.39, 0.29) is 0 Å². The summed E-state index contributed by atoms with van der Waals surface area (Å²) in [4.78, 5) is 0. The number of nitrogens with zero attached hydrogens (tertiary/aromatic N) is 2. The molecule has 12 heavy (non-hydrogen) atoms. The van der Waals surface area contributed by atoms with Crippen molar-refractivity contribution in [3.8, 4) is 0 Å². The molecule has 0 aromatic carbocycles. The summed E-state index contributed by atoms with van der Waals surface area (Å²) in [7, 11) is 0. The molecule has 0 aliphatic rings. The smallest absolute Gasteiger partial charge is 0.205 e. The van der Waals surface area contributed by atoms with Gasteiger partial charge in [0.1, 0.15) is 5.01 Å². The van der Waals surface area contributed by atoms with Gasteiger partial charge in [-0.2, -0.15) is 11.8 Å². The average Bonchev–Trinajstić information content (AvgIpc) is 2.50. The number of aromatic nitrogens is 2. The van der Waals surface area contributed by atoms with Crippen molar-refractivity contribution in [2.45, 2.75) is 19.1 Å². The lowest BCUT2D eigenvalue weighted by molar-refractivity contribution is 0.958. The first kappa shape index (κ1) is 9.80. The zero-order valence-corrected chi connectivity index (χ0v) is 8.97. The molecule has 0 spiro atoms. The molecular formula is C7H13N3S2. The average molecular weight is 203 g/mol. The van der Waals surface area contributed by atoms with Crippen molar-refractivity contribution in [3.05, 3.63) is 5.01 Å². The lowest BCUT2D eigenvalue weighted by atomic mass is 10.5. The van der Waals surface area contributed by atoms with Crippen molar-refractivity contribution in [1.82, 2.24) is 10.2 Å². The Hall–Kier alpha value is -0.290. The van der Waals surface area contributed by atoms with Gasteiger partial charge in [0.05, 0.1) is 0 Å². The van der Waals surface area contributed by atoms with Crippen LogP contribution in [0.1, 0.15) is 18.4 Å². The highest BCUT2D eigenvalue weighted by molar-refractivity contribution is 7.97. The van der Waals surface area contributed by atoms with Crippen molar-refractivity contribution in [2.75, 3.05) is 18.1 Å². The summed E-state index contributed by atoms with van der Waals surface area (Å²) >= 11 is 3.42. The van der Waals surface area contributed by atoms with Gasteiger partial charge >= 0.3 is 0 Å². The zero-order chi connectivity index (χ0) is 8.81. The number of thioether (sulfide) groups is 1. The second kappa shape index (κ2) is 5.37. The summed E-state index contributed by atoms with van der Waals surface area (Å²) in [6.07, 6.45) is 3.19. The first-order valence-electron chi connectivity index (χ1n) is 3.92. The predicted octanol–water partition coefficient (Wildman–Crippen LogP) is 2.22. The van der Waals surface area contributed by atoms with Crippen molar-refractivity contribution < 1.29 is 0 Å². The molecule has 0 saturated carbocycles. The third-order valence-corrected chi connectivity index (χ3v) is 2.89. The van der Waals surface area contributed by atoms with E-state index in [1.54, 1.807) is 23.1 Å². The molecule has 0 amide bonds. The maximum absolute atomic E-state index is 4.04. The Morgan fingerprint density at radius 3 is 3.00 bits per heavy atom. The fraction of sp³-hybridized carbons (Fsp3) is 0.714. The van der Waals surface area contributed by atoms with E-state index in [0.717, 1.165) is 28.9 Å². The maximum atomic E-state index is 4.04. The largest absolute Gasteiger partial charge is 0.360 e. The van der Waals surface area contributed by atoms with Crippen LogP contribution in [-0.4, -0.2) is 23.0 Å². The van der Waals surface area contributed by atoms with Gasteiger partial charge in [-0.25, -0.2) is 0 Å². The van der Waals surface area contributed by atoms with Crippen molar-refractivity contribution in [2.24, 2.45) is 0 Å². The molecule has 0 radical (unpaired) electrons. The summed E-state index contributed by atoms with van der Waals surface area (Å²) < 4.78 is 0. The molecule has 1 aromatic heterocycles. The van der Waals surface area contributed by atoms with E-state index >= 15 is 0 Å². The van der Waals surface area contributed by atoms with E-state index in [1.807, 2.05) is 0 Å². The Bertz CT molecular complexity index is 224. The van der Waals surface area contributed by atoms with E-state index in [9.17, 15) is 0 Å². The molecule has 3 nitrogen and oxygen atoms in total. The highest BCUT2D eigenvalue weighted by Gasteiger charge is 2.01. The van der Waals surface area contributed by atoms with Gasteiger partial charge in [-0.05, 0) is 12.7 Å². The highest BCUT2D eigenvalue weighted by atomic mass is 32.2. The zero-order valence-electron chi connectivity index (χ0n) is 7.33. The van der Waals surface area contributed by atoms with Gasteiger partial charge in [0, 0.05) is 12.3 Å². The minimum absolute atomic E-state index is 0.945. The second-order valence-electron chi connectivity index (χ2n) is 2.36. The molecule has 0 aliphatic carbocycles. The van der Waals surface area contributed by atoms with E-state index in [2.05, 4.69) is 28.7 Å². The van der Waals surface area contributed by atoms with Crippen molar-refractivity contribution in [3.63, 3.8) is 0 Å². The predicted molar refractivity (Wildman–Crippen MR) is 55.9 cm³/mol. The number of hydrogen-bond donors (Lipinski definition) is 1. The molecule has 1 heterocycles. The fourth-order valence-electron chi connectivity index (χ4n) is 0.739. The molecular weight excluding hydrogens is 190 g/mol. The topological polar surface area (TPSA) is 37.8 Å². The van der Waals surface area contributed by atoms with E-state index in [1.165, 1.54) is 0 Å². The summed E-state index contributed by atoms with van der Waals surface area (Å²) in [5.41, 5.74) is 0. The van der Waals surface area contributed by atoms with E-state index in [4.69, 9.17) is 0 Å². The van der Waals surface area contributed by atoms with Crippen molar-refractivity contribution >= 4 is 28.2 Å². The molecule has 0 aliphatic heterocycles. The molecule has 68 valence electrons. The fourth-order valence-corrected chi connectivity index (χ4v) is 2.19. The van der Waals surface area contributed by atoms with Crippen LogP contribution in [0.3, 0.4) is 0 Å². The first-order chi connectivity index (χ1) is 5.86. The van der Waals surface area contributed by atoms with Crippen LogP contribution in [0.25, 0.3) is 0 Å². The SMILES string of the molecule is CCCNc1nnc(CSC)s1. The van der Waals surface area contributed by atoms with E-state index in [0.29, 0.717) is 0 Å². The molecule has 0 saturated heterocycles. The van der Waals surface area contributed by atoms with Gasteiger partial charge in [-0.15, -0.1) is 10.2 Å². The van der Waals surface area contributed by atoms with Crippen molar-refractivity contribution in [1.29, 1.82) is 0 Å². The van der Waals surface area contributed by atoms with Gasteiger partial charge in [-0.1, -0.05) is 18.3 Å². The van der Waals surface area contributed by atoms with Crippen LogP contribution in [0, 0.1) is 0 Å². The summed E-state index contributed by atoms with van der Waals surface area (Å²) in [6, 6.07) is 0. The molecule has 0 unspecified atom stereocenters. The lowest BCUT2D eigenvalue weighted by Crippen LogP contribution is -1.98. The summed E-state index contributed by atoms with van der Waals surface area (Å²) in [5, 5.41) is 13.3. The Labute approximate surface area is 81.0 Å². The van der Waals surface area contributed by atoms with Crippen LogP contribution in [0.15, 0.2) is 0 Å². The third kappa shape index (κ3) is 2.98. The maximum Gasteiger partial charge on any atom is 0.205 e. The number of anilines is 1. The number of hydrogen-bond acceptors (Lipinski definition) is 5.